The summed E-state index contributed by atoms with van der Waals surface area (Å²) in [5.74, 6) is 0. The molecule has 1 aromatic carbocycles. The third kappa shape index (κ3) is 1.44. The molecule has 3 heteroatoms. The molecule has 2 aromatic rings. The highest BCUT2D eigenvalue weighted by molar-refractivity contribution is 14.1. The molecule has 0 bridgehead atoms. The molecule has 0 atom stereocenters. The molecule has 1 aromatic heterocycles. The zero-order valence-corrected chi connectivity index (χ0v) is 10.4. The average Bonchev–Trinajstić information content (AvgIpc) is 2.12. The minimum Gasteiger partial charge on any atom is -0.264 e. The van der Waals surface area contributed by atoms with Gasteiger partial charge in [-0.05, 0) is 62.7 Å². The number of rotatable bonds is 0. The highest BCUT2D eigenvalue weighted by atomic mass is 127. The van der Waals surface area contributed by atoms with Crippen LogP contribution in [-0.2, 0) is 0 Å². The SMILES string of the molecule is Ic1ccc2cnccc2c1I. The molecule has 12 heavy (non-hydrogen) atoms. The zero-order chi connectivity index (χ0) is 8.55. The van der Waals surface area contributed by atoms with E-state index in [4.69, 9.17) is 0 Å². The Labute approximate surface area is 97.9 Å². The molecule has 60 valence electrons. The summed E-state index contributed by atoms with van der Waals surface area (Å²) in [4.78, 5) is 4.08. The van der Waals surface area contributed by atoms with Crippen LogP contribution in [0.15, 0.2) is 30.6 Å². The largest absolute Gasteiger partial charge is 0.264 e. The third-order valence-corrected chi connectivity index (χ3v) is 4.80. The molecular formula is C9H5I2N. The van der Waals surface area contributed by atoms with E-state index in [9.17, 15) is 0 Å². The van der Waals surface area contributed by atoms with Crippen molar-refractivity contribution in [2.45, 2.75) is 0 Å². The number of nitrogens with zero attached hydrogens (tertiary/aromatic N) is 1. The van der Waals surface area contributed by atoms with Gasteiger partial charge in [0, 0.05) is 24.9 Å². The molecule has 0 N–H and O–H groups in total. The lowest BCUT2D eigenvalue weighted by atomic mass is 10.2. The number of hydrogen-bond donors (Lipinski definition) is 0. The number of hydrogen-bond acceptors (Lipinski definition) is 1. The van der Waals surface area contributed by atoms with Crippen molar-refractivity contribution in [3.05, 3.63) is 37.7 Å². The normalized spacial score (nSPS) is 10.5. The summed E-state index contributed by atoms with van der Waals surface area (Å²) in [5, 5.41) is 2.50. The Hall–Kier alpha value is 0.0900. The summed E-state index contributed by atoms with van der Waals surface area (Å²) in [6, 6.07) is 6.28. The van der Waals surface area contributed by atoms with Crippen molar-refractivity contribution in [1.82, 2.24) is 4.98 Å². The molecule has 1 heterocycles. The topological polar surface area (TPSA) is 12.9 Å². The van der Waals surface area contributed by atoms with E-state index in [0.717, 1.165) is 0 Å². The van der Waals surface area contributed by atoms with E-state index in [1.165, 1.54) is 17.9 Å². The first-order chi connectivity index (χ1) is 5.79. The summed E-state index contributed by atoms with van der Waals surface area (Å²) in [7, 11) is 0. The molecule has 0 amide bonds. The van der Waals surface area contributed by atoms with Crippen molar-refractivity contribution < 1.29 is 0 Å². The van der Waals surface area contributed by atoms with E-state index in [-0.39, 0.29) is 0 Å². The second-order valence-corrected chi connectivity index (χ2v) is 4.70. The van der Waals surface area contributed by atoms with Crippen molar-refractivity contribution >= 4 is 56.0 Å². The molecule has 0 aliphatic heterocycles. The highest BCUT2D eigenvalue weighted by Crippen LogP contribution is 2.24. The maximum Gasteiger partial charge on any atom is 0.0346 e. The molecule has 0 spiro atoms. The van der Waals surface area contributed by atoms with Gasteiger partial charge in [0.2, 0.25) is 0 Å². The molecule has 0 saturated heterocycles. The van der Waals surface area contributed by atoms with Gasteiger partial charge in [0.25, 0.3) is 0 Å². The Morgan fingerprint density at radius 3 is 2.75 bits per heavy atom. The Morgan fingerprint density at radius 1 is 1.08 bits per heavy atom. The first kappa shape index (κ1) is 8.68. The molecule has 0 aliphatic carbocycles. The fourth-order valence-corrected chi connectivity index (χ4v) is 2.25. The quantitative estimate of drug-likeness (QED) is 0.638. The first-order valence-electron chi connectivity index (χ1n) is 3.47. The molecule has 2 rings (SSSR count). The second kappa shape index (κ2) is 3.45. The fraction of sp³-hybridized carbons (Fsp3) is 0. The molecule has 0 aliphatic rings. The van der Waals surface area contributed by atoms with Crippen molar-refractivity contribution in [3.63, 3.8) is 0 Å². The molecule has 0 saturated carbocycles. The van der Waals surface area contributed by atoms with Gasteiger partial charge in [-0.25, -0.2) is 0 Å². The Morgan fingerprint density at radius 2 is 1.92 bits per heavy atom. The van der Waals surface area contributed by atoms with Gasteiger partial charge in [0.15, 0.2) is 0 Å². The van der Waals surface area contributed by atoms with Crippen molar-refractivity contribution in [1.29, 1.82) is 0 Å². The van der Waals surface area contributed by atoms with Crippen molar-refractivity contribution in [3.8, 4) is 0 Å². The van der Waals surface area contributed by atoms with Crippen LogP contribution in [0, 0.1) is 7.14 Å². The maximum atomic E-state index is 4.08. The van der Waals surface area contributed by atoms with Crippen LogP contribution in [0.4, 0.5) is 0 Å². The van der Waals surface area contributed by atoms with Gasteiger partial charge in [-0.2, -0.15) is 0 Å². The van der Waals surface area contributed by atoms with Gasteiger partial charge in [-0.1, -0.05) is 6.07 Å². The predicted octanol–water partition coefficient (Wildman–Crippen LogP) is 3.44. The number of fused-ring (bicyclic) bond motifs is 1. The first-order valence-corrected chi connectivity index (χ1v) is 5.62. The van der Waals surface area contributed by atoms with Crippen LogP contribution in [-0.4, -0.2) is 4.98 Å². The average molecular weight is 381 g/mol. The van der Waals surface area contributed by atoms with Gasteiger partial charge in [0.05, 0.1) is 0 Å². The molecule has 0 fully saturated rings. The minimum atomic E-state index is 1.21. The standard InChI is InChI=1S/C9H5I2N/c10-8-2-1-6-5-12-4-3-7(6)9(8)11/h1-5H. The fourth-order valence-electron chi connectivity index (χ4n) is 1.10. The number of pyridine rings is 1. The van der Waals surface area contributed by atoms with E-state index in [2.05, 4.69) is 68.4 Å². The molecule has 1 nitrogen and oxygen atoms in total. The summed E-state index contributed by atoms with van der Waals surface area (Å²) < 4.78 is 2.61. The summed E-state index contributed by atoms with van der Waals surface area (Å²) in [6.45, 7) is 0. The molecular weight excluding hydrogens is 376 g/mol. The van der Waals surface area contributed by atoms with Crippen LogP contribution in [0.3, 0.4) is 0 Å². The van der Waals surface area contributed by atoms with Crippen molar-refractivity contribution in [2.24, 2.45) is 0 Å². The van der Waals surface area contributed by atoms with Crippen LogP contribution in [0.5, 0.6) is 0 Å². The molecule has 0 unspecified atom stereocenters. The monoisotopic (exact) mass is 381 g/mol. The third-order valence-electron chi connectivity index (χ3n) is 1.71. The Kier molecular flexibility index (Phi) is 2.49. The lowest BCUT2D eigenvalue weighted by molar-refractivity contribution is 1.36. The number of halogens is 2. The van der Waals surface area contributed by atoms with Gasteiger partial charge < -0.3 is 0 Å². The van der Waals surface area contributed by atoms with Crippen LogP contribution in [0.2, 0.25) is 0 Å². The predicted molar refractivity (Wildman–Crippen MR) is 67.2 cm³/mol. The maximum absolute atomic E-state index is 4.08. The van der Waals surface area contributed by atoms with E-state index < -0.39 is 0 Å². The van der Waals surface area contributed by atoms with Gasteiger partial charge >= 0.3 is 0 Å². The summed E-state index contributed by atoms with van der Waals surface area (Å²) in [6.07, 6.45) is 3.73. The van der Waals surface area contributed by atoms with E-state index in [1.807, 2.05) is 12.4 Å². The lowest BCUT2D eigenvalue weighted by Crippen LogP contribution is -1.82. The minimum absolute atomic E-state index is 1.21. The smallest absolute Gasteiger partial charge is 0.0346 e. The second-order valence-electron chi connectivity index (χ2n) is 2.46. The van der Waals surface area contributed by atoms with Gasteiger partial charge in [0.1, 0.15) is 0 Å². The van der Waals surface area contributed by atoms with Crippen LogP contribution in [0.1, 0.15) is 0 Å². The van der Waals surface area contributed by atoms with E-state index >= 15 is 0 Å². The highest BCUT2D eigenvalue weighted by Gasteiger charge is 2.00. The van der Waals surface area contributed by atoms with Crippen LogP contribution < -0.4 is 0 Å². The van der Waals surface area contributed by atoms with E-state index in [0.29, 0.717) is 0 Å². The van der Waals surface area contributed by atoms with Crippen LogP contribution in [0.25, 0.3) is 10.8 Å². The summed E-state index contributed by atoms with van der Waals surface area (Å²) in [5.41, 5.74) is 0. The number of benzene rings is 1. The molecule has 0 radical (unpaired) electrons. The Balaban J connectivity index is 2.91. The Bertz CT molecular complexity index is 426. The van der Waals surface area contributed by atoms with Crippen LogP contribution >= 0.6 is 45.2 Å². The number of aromatic nitrogens is 1. The lowest BCUT2D eigenvalue weighted by Gasteiger charge is -2.00. The van der Waals surface area contributed by atoms with Gasteiger partial charge in [-0.3, -0.25) is 4.98 Å². The van der Waals surface area contributed by atoms with Gasteiger partial charge in [-0.15, -0.1) is 0 Å². The van der Waals surface area contributed by atoms with Crippen molar-refractivity contribution in [2.75, 3.05) is 0 Å². The summed E-state index contributed by atoms with van der Waals surface area (Å²) >= 11 is 4.71. The zero-order valence-electron chi connectivity index (χ0n) is 6.09. The van der Waals surface area contributed by atoms with E-state index in [1.54, 1.807) is 0 Å².